The number of hydrogen-bond acceptors (Lipinski definition) is 4. The SMILES string of the molecule is O=S(=O)(O)c1ccc(O)c2nc(F)ccc12. The Balaban J connectivity index is 2.96. The molecule has 1 aromatic heterocycles. The highest BCUT2D eigenvalue weighted by Gasteiger charge is 2.16. The zero-order valence-corrected chi connectivity index (χ0v) is 8.57. The topological polar surface area (TPSA) is 87.5 Å². The van der Waals surface area contributed by atoms with Crippen molar-refractivity contribution in [3.8, 4) is 5.75 Å². The van der Waals surface area contributed by atoms with Crippen LogP contribution in [0.25, 0.3) is 10.9 Å². The van der Waals surface area contributed by atoms with Gasteiger partial charge in [-0.2, -0.15) is 12.8 Å². The van der Waals surface area contributed by atoms with E-state index in [2.05, 4.69) is 4.98 Å². The summed E-state index contributed by atoms with van der Waals surface area (Å²) in [6.45, 7) is 0. The van der Waals surface area contributed by atoms with Gasteiger partial charge in [0.15, 0.2) is 0 Å². The number of nitrogens with zero attached hydrogens (tertiary/aromatic N) is 1. The summed E-state index contributed by atoms with van der Waals surface area (Å²) in [6.07, 6.45) is 0. The largest absolute Gasteiger partial charge is 0.506 e. The molecule has 0 amide bonds. The molecule has 1 heterocycles. The van der Waals surface area contributed by atoms with Gasteiger partial charge in [-0.05, 0) is 24.3 Å². The molecule has 0 saturated carbocycles. The first-order valence-corrected chi connectivity index (χ1v) is 5.59. The van der Waals surface area contributed by atoms with Crippen LogP contribution in [0, 0.1) is 5.95 Å². The van der Waals surface area contributed by atoms with Crippen molar-refractivity contribution < 1.29 is 22.5 Å². The number of aromatic hydroxyl groups is 1. The van der Waals surface area contributed by atoms with E-state index in [1.165, 1.54) is 0 Å². The van der Waals surface area contributed by atoms with Gasteiger partial charge in [-0.25, -0.2) is 4.98 Å². The first kappa shape index (κ1) is 10.8. The highest BCUT2D eigenvalue weighted by molar-refractivity contribution is 7.86. The molecule has 0 aliphatic rings. The number of hydrogen-bond donors (Lipinski definition) is 2. The Morgan fingerprint density at radius 3 is 2.50 bits per heavy atom. The molecular weight excluding hydrogens is 237 g/mol. The molecule has 0 unspecified atom stereocenters. The summed E-state index contributed by atoms with van der Waals surface area (Å²) < 4.78 is 43.7. The Labute approximate surface area is 89.9 Å². The van der Waals surface area contributed by atoms with Crippen molar-refractivity contribution in [2.24, 2.45) is 0 Å². The fourth-order valence-corrected chi connectivity index (χ4v) is 2.06. The summed E-state index contributed by atoms with van der Waals surface area (Å²) in [5.41, 5.74) is -0.213. The van der Waals surface area contributed by atoms with Gasteiger partial charge in [-0.15, -0.1) is 0 Å². The number of pyridine rings is 1. The zero-order valence-electron chi connectivity index (χ0n) is 7.75. The zero-order chi connectivity index (χ0) is 11.9. The predicted molar refractivity (Wildman–Crippen MR) is 53.2 cm³/mol. The average molecular weight is 243 g/mol. The summed E-state index contributed by atoms with van der Waals surface area (Å²) in [5.74, 6) is -1.21. The van der Waals surface area contributed by atoms with Gasteiger partial charge in [-0.1, -0.05) is 0 Å². The Bertz CT molecular complexity index is 669. The standard InChI is InChI=1S/C9H6FNO4S/c10-8-4-1-5-7(16(13,14)15)3-2-6(12)9(5)11-8/h1-4,12H,(H,13,14,15). The lowest BCUT2D eigenvalue weighted by molar-refractivity contribution is 0.476. The maximum Gasteiger partial charge on any atom is 0.295 e. The Kier molecular flexibility index (Phi) is 2.28. The molecule has 2 N–H and O–H groups in total. The third kappa shape index (κ3) is 1.70. The van der Waals surface area contributed by atoms with E-state index in [1.807, 2.05) is 0 Å². The number of phenolic OH excluding ortho intramolecular Hbond substituents is 1. The monoisotopic (exact) mass is 243 g/mol. The van der Waals surface area contributed by atoms with Crippen molar-refractivity contribution in [1.29, 1.82) is 0 Å². The summed E-state index contributed by atoms with van der Waals surface area (Å²) >= 11 is 0. The fourth-order valence-electron chi connectivity index (χ4n) is 1.38. The molecule has 0 atom stereocenters. The van der Waals surface area contributed by atoms with Crippen molar-refractivity contribution in [3.05, 3.63) is 30.2 Å². The Morgan fingerprint density at radius 1 is 1.19 bits per heavy atom. The van der Waals surface area contributed by atoms with Gasteiger partial charge in [0.25, 0.3) is 10.1 Å². The molecule has 84 valence electrons. The lowest BCUT2D eigenvalue weighted by atomic mass is 10.2. The number of benzene rings is 1. The van der Waals surface area contributed by atoms with Crippen LogP contribution in [0.2, 0.25) is 0 Å². The Morgan fingerprint density at radius 2 is 1.88 bits per heavy atom. The molecule has 5 nitrogen and oxygen atoms in total. The lowest BCUT2D eigenvalue weighted by Gasteiger charge is -2.04. The van der Waals surface area contributed by atoms with Crippen LogP contribution in [-0.2, 0) is 10.1 Å². The summed E-state index contributed by atoms with van der Waals surface area (Å²) in [6, 6.07) is 4.11. The molecule has 2 aromatic rings. The minimum absolute atomic E-state index is 0.0381. The van der Waals surface area contributed by atoms with Crippen molar-refractivity contribution in [2.45, 2.75) is 4.90 Å². The molecule has 1 aromatic carbocycles. The highest BCUT2D eigenvalue weighted by Crippen LogP contribution is 2.28. The molecule has 16 heavy (non-hydrogen) atoms. The smallest absolute Gasteiger partial charge is 0.295 e. The summed E-state index contributed by atoms with van der Waals surface area (Å²) in [4.78, 5) is 2.93. The molecule has 2 rings (SSSR count). The number of phenols is 1. The van der Waals surface area contributed by atoms with Crippen molar-refractivity contribution in [3.63, 3.8) is 0 Å². The van der Waals surface area contributed by atoms with Gasteiger partial charge in [0.2, 0.25) is 5.95 Å². The van der Waals surface area contributed by atoms with Crippen LogP contribution in [0.15, 0.2) is 29.2 Å². The minimum Gasteiger partial charge on any atom is -0.506 e. The molecule has 0 aliphatic heterocycles. The molecule has 0 aliphatic carbocycles. The van der Waals surface area contributed by atoms with Gasteiger partial charge < -0.3 is 5.11 Å². The molecule has 0 fully saturated rings. The van der Waals surface area contributed by atoms with Crippen LogP contribution in [0.4, 0.5) is 4.39 Å². The number of rotatable bonds is 1. The highest BCUT2D eigenvalue weighted by atomic mass is 32.2. The summed E-state index contributed by atoms with van der Waals surface area (Å²) in [5, 5.41) is 9.34. The number of aromatic nitrogens is 1. The molecule has 0 saturated heterocycles. The second-order valence-electron chi connectivity index (χ2n) is 3.09. The average Bonchev–Trinajstić information content (AvgIpc) is 2.17. The fraction of sp³-hybridized carbons (Fsp3) is 0. The van der Waals surface area contributed by atoms with E-state index in [1.54, 1.807) is 0 Å². The minimum atomic E-state index is -4.43. The van der Waals surface area contributed by atoms with Crippen LogP contribution in [0.3, 0.4) is 0 Å². The van der Waals surface area contributed by atoms with E-state index in [0.717, 1.165) is 24.3 Å². The van der Waals surface area contributed by atoms with Crippen LogP contribution in [0.1, 0.15) is 0 Å². The van der Waals surface area contributed by atoms with E-state index < -0.39 is 21.0 Å². The van der Waals surface area contributed by atoms with Crippen molar-refractivity contribution in [2.75, 3.05) is 0 Å². The van der Waals surface area contributed by atoms with E-state index in [-0.39, 0.29) is 16.7 Å². The van der Waals surface area contributed by atoms with Crippen LogP contribution < -0.4 is 0 Å². The van der Waals surface area contributed by atoms with Gasteiger partial charge in [-0.3, -0.25) is 4.55 Å². The van der Waals surface area contributed by atoms with Gasteiger partial charge in [0, 0.05) is 5.39 Å². The van der Waals surface area contributed by atoms with Gasteiger partial charge in [0.1, 0.15) is 16.2 Å². The third-order valence-corrected chi connectivity index (χ3v) is 2.95. The molecular formula is C9H6FNO4S. The number of fused-ring (bicyclic) bond motifs is 1. The maximum atomic E-state index is 12.8. The normalized spacial score (nSPS) is 11.9. The molecule has 0 radical (unpaired) electrons. The van der Waals surface area contributed by atoms with Crippen LogP contribution in [0.5, 0.6) is 5.75 Å². The second kappa shape index (κ2) is 3.39. The van der Waals surface area contributed by atoms with Gasteiger partial charge in [0.05, 0.1) is 0 Å². The third-order valence-electron chi connectivity index (χ3n) is 2.04. The van der Waals surface area contributed by atoms with E-state index >= 15 is 0 Å². The van der Waals surface area contributed by atoms with E-state index in [9.17, 15) is 17.9 Å². The van der Waals surface area contributed by atoms with E-state index in [0.29, 0.717) is 0 Å². The summed E-state index contributed by atoms with van der Waals surface area (Å²) in [7, 11) is -4.43. The maximum absolute atomic E-state index is 12.8. The van der Waals surface area contributed by atoms with Crippen LogP contribution in [-0.4, -0.2) is 23.1 Å². The Hall–Kier alpha value is -1.73. The second-order valence-corrected chi connectivity index (χ2v) is 4.48. The van der Waals surface area contributed by atoms with Crippen molar-refractivity contribution in [1.82, 2.24) is 4.98 Å². The van der Waals surface area contributed by atoms with Crippen molar-refractivity contribution >= 4 is 21.0 Å². The lowest BCUT2D eigenvalue weighted by Crippen LogP contribution is -2.00. The molecule has 7 heteroatoms. The first-order valence-electron chi connectivity index (χ1n) is 4.15. The molecule has 0 bridgehead atoms. The number of halogens is 1. The molecule has 0 spiro atoms. The van der Waals surface area contributed by atoms with E-state index in [4.69, 9.17) is 4.55 Å². The van der Waals surface area contributed by atoms with Gasteiger partial charge >= 0.3 is 0 Å². The van der Waals surface area contributed by atoms with Crippen LogP contribution >= 0.6 is 0 Å². The predicted octanol–water partition coefficient (Wildman–Crippen LogP) is 1.33. The first-order chi connectivity index (χ1) is 7.39. The quantitative estimate of drug-likeness (QED) is 0.582.